The Kier molecular flexibility index (Phi) is 6.87. The second-order valence-corrected chi connectivity index (χ2v) is 6.70. The maximum atomic E-state index is 12.4. The number of amides is 1. The lowest BCUT2D eigenvalue weighted by Crippen LogP contribution is -2.21. The van der Waals surface area contributed by atoms with E-state index in [1.165, 1.54) is 25.3 Å². The number of para-hydroxylation sites is 1. The van der Waals surface area contributed by atoms with Gasteiger partial charge in [-0.3, -0.25) is 4.79 Å². The van der Waals surface area contributed by atoms with Gasteiger partial charge in [0.05, 0.1) is 17.7 Å². The normalized spacial score (nSPS) is 10.3. The van der Waals surface area contributed by atoms with E-state index in [4.69, 9.17) is 16.3 Å². The molecule has 3 rings (SSSR count). The highest BCUT2D eigenvalue weighted by Gasteiger charge is 2.12. The predicted molar refractivity (Wildman–Crippen MR) is 113 cm³/mol. The van der Waals surface area contributed by atoms with Crippen LogP contribution in [0.5, 0.6) is 5.75 Å². The average Bonchev–Trinajstić information content (AvgIpc) is 2.74. The molecule has 0 aliphatic heterocycles. The van der Waals surface area contributed by atoms with Crippen molar-refractivity contribution in [1.82, 2.24) is 0 Å². The Labute approximate surface area is 174 Å². The number of hydrogen-bond acceptors (Lipinski definition) is 4. The highest BCUT2D eigenvalue weighted by Crippen LogP contribution is 2.26. The van der Waals surface area contributed by atoms with Crippen LogP contribution in [0.15, 0.2) is 72.8 Å². The van der Waals surface area contributed by atoms with E-state index in [9.17, 15) is 9.59 Å². The van der Waals surface area contributed by atoms with Crippen molar-refractivity contribution in [1.29, 1.82) is 0 Å². The number of ether oxygens (including phenoxy) is 2. The number of benzene rings is 3. The van der Waals surface area contributed by atoms with E-state index >= 15 is 0 Å². The van der Waals surface area contributed by atoms with Crippen molar-refractivity contribution in [3.8, 4) is 5.75 Å². The van der Waals surface area contributed by atoms with Crippen LogP contribution in [0.4, 0.5) is 5.69 Å². The first kappa shape index (κ1) is 20.4. The highest BCUT2D eigenvalue weighted by molar-refractivity contribution is 6.32. The van der Waals surface area contributed by atoms with Crippen LogP contribution in [-0.4, -0.2) is 25.6 Å². The van der Waals surface area contributed by atoms with Gasteiger partial charge in [0.1, 0.15) is 5.75 Å². The number of carbonyl (C=O) groups is 2. The molecule has 1 amide bonds. The van der Waals surface area contributed by atoms with Gasteiger partial charge in [-0.1, -0.05) is 60.1 Å². The number of carbonyl (C=O) groups excluding carboxylic acids is 2. The summed E-state index contributed by atoms with van der Waals surface area (Å²) < 4.78 is 10.1. The Balaban J connectivity index is 1.62. The van der Waals surface area contributed by atoms with Gasteiger partial charge in [-0.15, -0.1) is 0 Å². The molecule has 0 saturated heterocycles. The van der Waals surface area contributed by atoms with Gasteiger partial charge >= 0.3 is 5.97 Å². The van der Waals surface area contributed by atoms with Gasteiger partial charge in [0.2, 0.25) is 0 Å². The Morgan fingerprint density at radius 3 is 2.41 bits per heavy atom. The van der Waals surface area contributed by atoms with Crippen LogP contribution in [0, 0.1) is 0 Å². The molecule has 0 saturated carbocycles. The third-order valence-corrected chi connectivity index (χ3v) is 4.54. The standard InChI is InChI=1S/C23H20ClNO4/c1-28-23(27)18-11-12-21(19(24)14-18)29-15-22(26)25-20-10-6-5-9-17(20)13-16-7-3-2-4-8-16/h2-12,14H,13,15H2,1H3,(H,25,26). The maximum Gasteiger partial charge on any atom is 0.337 e. The van der Waals surface area contributed by atoms with Crippen LogP contribution in [0.25, 0.3) is 0 Å². The van der Waals surface area contributed by atoms with Gasteiger partial charge in [-0.05, 0) is 41.8 Å². The molecule has 0 heterocycles. The second-order valence-electron chi connectivity index (χ2n) is 6.29. The molecule has 0 aromatic heterocycles. The average molecular weight is 410 g/mol. The van der Waals surface area contributed by atoms with Gasteiger partial charge in [0.25, 0.3) is 5.91 Å². The SMILES string of the molecule is COC(=O)c1ccc(OCC(=O)Nc2ccccc2Cc2ccccc2)c(Cl)c1. The van der Waals surface area contributed by atoms with Crippen molar-refractivity contribution in [3.05, 3.63) is 94.5 Å². The third kappa shape index (κ3) is 5.59. The first-order valence-electron chi connectivity index (χ1n) is 8.99. The number of methoxy groups -OCH3 is 1. The zero-order valence-corrected chi connectivity index (χ0v) is 16.6. The smallest absolute Gasteiger partial charge is 0.337 e. The molecule has 148 valence electrons. The number of nitrogens with one attached hydrogen (secondary N) is 1. The monoisotopic (exact) mass is 409 g/mol. The fourth-order valence-electron chi connectivity index (χ4n) is 2.80. The summed E-state index contributed by atoms with van der Waals surface area (Å²) in [5, 5.41) is 3.11. The van der Waals surface area contributed by atoms with Gasteiger partial charge < -0.3 is 14.8 Å². The van der Waals surface area contributed by atoms with Crippen LogP contribution < -0.4 is 10.1 Å². The fraction of sp³-hybridized carbons (Fsp3) is 0.130. The van der Waals surface area contributed by atoms with E-state index in [-0.39, 0.29) is 17.5 Å². The van der Waals surface area contributed by atoms with Crippen LogP contribution in [-0.2, 0) is 16.0 Å². The largest absolute Gasteiger partial charge is 0.482 e. The van der Waals surface area contributed by atoms with Gasteiger partial charge in [-0.2, -0.15) is 0 Å². The second kappa shape index (κ2) is 9.75. The third-order valence-electron chi connectivity index (χ3n) is 4.24. The van der Waals surface area contributed by atoms with Gasteiger partial charge in [0.15, 0.2) is 6.61 Å². The van der Waals surface area contributed by atoms with Crippen molar-refractivity contribution >= 4 is 29.2 Å². The first-order valence-corrected chi connectivity index (χ1v) is 9.37. The Morgan fingerprint density at radius 2 is 1.69 bits per heavy atom. The number of esters is 1. The molecular weight excluding hydrogens is 390 g/mol. The van der Waals surface area contributed by atoms with Crippen molar-refractivity contribution < 1.29 is 19.1 Å². The summed E-state index contributed by atoms with van der Waals surface area (Å²) >= 11 is 6.13. The predicted octanol–water partition coefficient (Wildman–Crippen LogP) is 4.73. The summed E-state index contributed by atoms with van der Waals surface area (Å²) in [4.78, 5) is 23.9. The van der Waals surface area contributed by atoms with Crippen molar-refractivity contribution in [2.45, 2.75) is 6.42 Å². The molecule has 1 N–H and O–H groups in total. The minimum Gasteiger partial charge on any atom is -0.482 e. The number of hydrogen-bond donors (Lipinski definition) is 1. The lowest BCUT2D eigenvalue weighted by Gasteiger charge is -2.12. The Bertz CT molecular complexity index is 1000. The molecule has 29 heavy (non-hydrogen) atoms. The van der Waals surface area contributed by atoms with E-state index in [0.29, 0.717) is 17.7 Å². The number of halogens is 1. The molecule has 0 bridgehead atoms. The number of anilines is 1. The lowest BCUT2D eigenvalue weighted by molar-refractivity contribution is -0.118. The molecule has 0 fully saturated rings. The quantitative estimate of drug-likeness (QED) is 0.573. The molecular formula is C23H20ClNO4. The van der Waals surface area contributed by atoms with E-state index in [2.05, 4.69) is 10.1 Å². The van der Waals surface area contributed by atoms with E-state index in [1.54, 1.807) is 0 Å². The summed E-state index contributed by atoms with van der Waals surface area (Å²) in [7, 11) is 1.29. The topological polar surface area (TPSA) is 64.6 Å². The minimum absolute atomic E-state index is 0.211. The molecule has 0 radical (unpaired) electrons. The molecule has 6 heteroatoms. The zero-order valence-electron chi connectivity index (χ0n) is 15.9. The molecule has 0 aliphatic carbocycles. The summed E-state index contributed by atoms with van der Waals surface area (Å²) in [5.41, 5.74) is 3.21. The maximum absolute atomic E-state index is 12.4. The summed E-state index contributed by atoms with van der Waals surface area (Å²) in [6.45, 7) is -0.211. The van der Waals surface area contributed by atoms with Gasteiger partial charge in [-0.25, -0.2) is 4.79 Å². The van der Waals surface area contributed by atoms with Crippen molar-refractivity contribution in [2.24, 2.45) is 0 Å². The lowest BCUT2D eigenvalue weighted by atomic mass is 10.0. The molecule has 0 unspecified atom stereocenters. The van der Waals surface area contributed by atoms with Crippen LogP contribution in [0.1, 0.15) is 21.5 Å². The van der Waals surface area contributed by atoms with Crippen LogP contribution in [0.2, 0.25) is 5.02 Å². The van der Waals surface area contributed by atoms with Crippen LogP contribution in [0.3, 0.4) is 0 Å². The summed E-state index contributed by atoms with van der Waals surface area (Å²) in [5.74, 6) is -0.489. The fourth-order valence-corrected chi connectivity index (χ4v) is 3.04. The summed E-state index contributed by atoms with van der Waals surface area (Å²) in [6, 6.07) is 22.2. The molecule has 5 nitrogen and oxygen atoms in total. The number of rotatable bonds is 7. The molecule has 0 atom stereocenters. The van der Waals surface area contributed by atoms with Crippen LogP contribution >= 0.6 is 11.6 Å². The van der Waals surface area contributed by atoms with Crippen molar-refractivity contribution in [3.63, 3.8) is 0 Å². The molecule has 3 aromatic rings. The first-order chi connectivity index (χ1) is 14.1. The summed E-state index contributed by atoms with van der Waals surface area (Å²) in [6.07, 6.45) is 0.707. The Morgan fingerprint density at radius 1 is 0.966 bits per heavy atom. The Hall–Kier alpha value is -3.31. The van der Waals surface area contributed by atoms with Gasteiger partial charge in [0, 0.05) is 5.69 Å². The minimum atomic E-state index is -0.494. The van der Waals surface area contributed by atoms with E-state index < -0.39 is 5.97 Å². The highest BCUT2D eigenvalue weighted by atomic mass is 35.5. The van der Waals surface area contributed by atoms with E-state index in [1.807, 2.05) is 54.6 Å². The zero-order chi connectivity index (χ0) is 20.6. The van der Waals surface area contributed by atoms with Crippen molar-refractivity contribution in [2.75, 3.05) is 19.0 Å². The molecule has 0 aliphatic rings. The molecule has 0 spiro atoms. The molecule has 3 aromatic carbocycles. The van der Waals surface area contributed by atoms with E-state index in [0.717, 1.165) is 16.8 Å².